The van der Waals surface area contributed by atoms with Gasteiger partial charge in [-0.2, -0.15) is 0 Å². The summed E-state index contributed by atoms with van der Waals surface area (Å²) in [6.07, 6.45) is 2.72. The molecule has 4 heteroatoms. The summed E-state index contributed by atoms with van der Waals surface area (Å²) in [5.74, 6) is 1.67. The molecule has 110 valence electrons. The zero-order valence-electron chi connectivity index (χ0n) is 12.0. The Balaban J connectivity index is 1.86. The van der Waals surface area contributed by atoms with Gasteiger partial charge in [-0.15, -0.1) is 0 Å². The van der Waals surface area contributed by atoms with E-state index in [9.17, 15) is 4.79 Å². The van der Waals surface area contributed by atoms with Crippen molar-refractivity contribution in [1.82, 2.24) is 4.90 Å². The second kappa shape index (κ2) is 4.26. The molecule has 22 heavy (non-hydrogen) atoms. The van der Waals surface area contributed by atoms with Crippen LogP contribution in [-0.2, 0) is 17.6 Å². The number of hydrogen-bond acceptors (Lipinski definition) is 3. The highest BCUT2D eigenvalue weighted by atomic mass is 16.7. The highest BCUT2D eigenvalue weighted by Crippen LogP contribution is 2.53. The fraction of sp³-hybridized carbons (Fsp3) is 0.278. The highest BCUT2D eigenvalue weighted by molar-refractivity contribution is 5.84. The Morgan fingerprint density at radius 1 is 1.18 bits per heavy atom. The van der Waals surface area contributed by atoms with E-state index >= 15 is 0 Å². The van der Waals surface area contributed by atoms with Crippen molar-refractivity contribution in [3.63, 3.8) is 0 Å². The predicted octanol–water partition coefficient (Wildman–Crippen LogP) is 2.69. The van der Waals surface area contributed by atoms with Crippen LogP contribution in [0, 0.1) is 0 Å². The number of nitrogens with zero attached hydrogens (tertiary/aromatic N) is 1. The molecule has 2 aromatic rings. The molecular weight excluding hydrogens is 278 g/mol. The molecule has 0 saturated carbocycles. The number of carbonyl (C=O) groups excluding carboxylic acids is 1. The average molecular weight is 293 g/mol. The average Bonchev–Trinajstić information content (AvgIpc) is 3.03. The molecule has 1 amide bonds. The Kier molecular flexibility index (Phi) is 2.34. The molecule has 0 N–H and O–H groups in total. The summed E-state index contributed by atoms with van der Waals surface area (Å²) >= 11 is 0. The number of benzene rings is 2. The standard InChI is InChI=1S/C18H15NO3/c20-9-19-6-5-12-8-15-18(22-10-21-15)17-13-4-2-1-3-11(13)7-14(19)16(12)17/h1-4,8-9,14H,5-7,10H2/t14-/m0/s1. The van der Waals surface area contributed by atoms with Gasteiger partial charge in [-0.1, -0.05) is 24.3 Å². The third-order valence-electron chi connectivity index (χ3n) is 5.00. The van der Waals surface area contributed by atoms with Gasteiger partial charge in [0.05, 0.1) is 6.04 Å². The SMILES string of the molecule is O=CN1CCc2cc3c(c4c2[C@@H]1Cc1ccccc1-4)OCO3. The molecule has 0 fully saturated rings. The lowest BCUT2D eigenvalue weighted by molar-refractivity contribution is -0.120. The maximum absolute atomic E-state index is 11.5. The van der Waals surface area contributed by atoms with Crippen LogP contribution in [0.4, 0.5) is 0 Å². The van der Waals surface area contributed by atoms with Gasteiger partial charge in [0.25, 0.3) is 0 Å². The van der Waals surface area contributed by atoms with Gasteiger partial charge in [0.1, 0.15) is 0 Å². The van der Waals surface area contributed by atoms with Crippen LogP contribution in [0.5, 0.6) is 11.5 Å². The summed E-state index contributed by atoms with van der Waals surface area (Å²) in [6.45, 7) is 1.04. The third-order valence-corrected chi connectivity index (χ3v) is 5.00. The van der Waals surface area contributed by atoms with Gasteiger partial charge in [0, 0.05) is 12.1 Å². The van der Waals surface area contributed by atoms with Gasteiger partial charge >= 0.3 is 0 Å². The Bertz CT molecular complexity index is 799. The zero-order chi connectivity index (χ0) is 14.7. The van der Waals surface area contributed by atoms with Crippen molar-refractivity contribution in [2.24, 2.45) is 0 Å². The van der Waals surface area contributed by atoms with Crippen molar-refractivity contribution >= 4 is 6.41 Å². The summed E-state index contributed by atoms with van der Waals surface area (Å²) in [7, 11) is 0. The lowest BCUT2D eigenvalue weighted by Crippen LogP contribution is -2.37. The number of hydrogen-bond donors (Lipinski definition) is 0. The van der Waals surface area contributed by atoms with Crippen LogP contribution in [0.1, 0.15) is 22.7 Å². The summed E-state index contributed by atoms with van der Waals surface area (Å²) in [6, 6.07) is 10.6. The van der Waals surface area contributed by atoms with Crippen molar-refractivity contribution in [2.75, 3.05) is 13.3 Å². The Hall–Kier alpha value is -2.49. The van der Waals surface area contributed by atoms with Crippen molar-refractivity contribution < 1.29 is 14.3 Å². The minimum Gasteiger partial charge on any atom is -0.454 e. The molecule has 2 aromatic carbocycles. The maximum atomic E-state index is 11.5. The van der Waals surface area contributed by atoms with E-state index in [1.165, 1.54) is 22.3 Å². The van der Waals surface area contributed by atoms with Gasteiger partial charge in [-0.3, -0.25) is 4.79 Å². The van der Waals surface area contributed by atoms with Crippen molar-refractivity contribution in [1.29, 1.82) is 0 Å². The van der Waals surface area contributed by atoms with Crippen LogP contribution in [0.3, 0.4) is 0 Å². The number of amides is 1. The third kappa shape index (κ3) is 1.44. The maximum Gasteiger partial charge on any atom is 0.231 e. The topological polar surface area (TPSA) is 38.8 Å². The van der Waals surface area contributed by atoms with Crippen molar-refractivity contribution in [3.05, 3.63) is 47.0 Å². The number of rotatable bonds is 1. The van der Waals surface area contributed by atoms with Crippen LogP contribution < -0.4 is 9.47 Å². The molecule has 2 heterocycles. The molecule has 0 radical (unpaired) electrons. The van der Waals surface area contributed by atoms with Crippen LogP contribution in [0.15, 0.2) is 30.3 Å². The Labute approximate surface area is 128 Å². The van der Waals surface area contributed by atoms with E-state index in [4.69, 9.17) is 9.47 Å². The van der Waals surface area contributed by atoms with E-state index in [2.05, 4.69) is 30.3 Å². The van der Waals surface area contributed by atoms with E-state index in [0.717, 1.165) is 42.9 Å². The smallest absolute Gasteiger partial charge is 0.231 e. The normalized spacial score (nSPS) is 20.4. The molecular formula is C18H15NO3. The second-order valence-electron chi connectivity index (χ2n) is 6.03. The molecule has 0 saturated heterocycles. The molecule has 0 aromatic heterocycles. The monoisotopic (exact) mass is 293 g/mol. The first-order chi connectivity index (χ1) is 10.9. The Morgan fingerprint density at radius 2 is 2.09 bits per heavy atom. The summed E-state index contributed by atoms with van der Waals surface area (Å²) in [5.41, 5.74) is 6.15. The second-order valence-corrected chi connectivity index (χ2v) is 6.03. The van der Waals surface area contributed by atoms with Gasteiger partial charge in [0.15, 0.2) is 11.5 Å². The minimum atomic E-state index is 0.112. The van der Waals surface area contributed by atoms with Crippen LogP contribution in [0.25, 0.3) is 11.1 Å². The lowest BCUT2D eigenvalue weighted by Gasteiger charge is -2.40. The molecule has 0 spiro atoms. The molecule has 5 rings (SSSR count). The van der Waals surface area contributed by atoms with Gasteiger partial charge in [-0.25, -0.2) is 0 Å². The van der Waals surface area contributed by atoms with Gasteiger partial charge in [-0.05, 0) is 41.2 Å². The lowest BCUT2D eigenvalue weighted by atomic mass is 9.76. The van der Waals surface area contributed by atoms with Crippen LogP contribution in [-0.4, -0.2) is 24.6 Å². The van der Waals surface area contributed by atoms with E-state index in [0.29, 0.717) is 0 Å². The largest absolute Gasteiger partial charge is 0.454 e. The first kappa shape index (κ1) is 12.1. The Morgan fingerprint density at radius 3 is 3.00 bits per heavy atom. The number of carbonyl (C=O) groups is 1. The summed E-state index contributed by atoms with van der Waals surface area (Å²) in [5, 5.41) is 0. The molecule has 0 unspecified atom stereocenters. The van der Waals surface area contributed by atoms with Crippen LogP contribution >= 0.6 is 0 Å². The molecule has 1 atom stereocenters. The van der Waals surface area contributed by atoms with E-state index < -0.39 is 0 Å². The first-order valence-electron chi connectivity index (χ1n) is 7.61. The zero-order valence-corrected chi connectivity index (χ0v) is 12.0. The van der Waals surface area contributed by atoms with E-state index in [1.807, 2.05) is 4.90 Å². The van der Waals surface area contributed by atoms with Crippen LogP contribution in [0.2, 0.25) is 0 Å². The predicted molar refractivity (Wildman–Crippen MR) is 80.9 cm³/mol. The van der Waals surface area contributed by atoms with Crippen molar-refractivity contribution in [2.45, 2.75) is 18.9 Å². The molecule has 2 aliphatic heterocycles. The molecule has 0 bridgehead atoms. The molecule has 4 nitrogen and oxygen atoms in total. The molecule has 1 aliphatic carbocycles. The highest BCUT2D eigenvalue weighted by Gasteiger charge is 2.38. The van der Waals surface area contributed by atoms with E-state index in [-0.39, 0.29) is 12.8 Å². The number of fused-ring (bicyclic) bond motifs is 4. The fourth-order valence-corrected chi connectivity index (χ4v) is 4.03. The summed E-state index contributed by atoms with van der Waals surface area (Å²) in [4.78, 5) is 13.4. The summed E-state index contributed by atoms with van der Waals surface area (Å²) < 4.78 is 11.4. The fourth-order valence-electron chi connectivity index (χ4n) is 4.03. The van der Waals surface area contributed by atoms with Crippen molar-refractivity contribution in [3.8, 4) is 22.6 Å². The molecule has 3 aliphatic rings. The first-order valence-corrected chi connectivity index (χ1v) is 7.61. The quantitative estimate of drug-likeness (QED) is 0.759. The number of ether oxygens (including phenoxy) is 2. The van der Waals surface area contributed by atoms with Gasteiger partial charge < -0.3 is 14.4 Å². The van der Waals surface area contributed by atoms with Gasteiger partial charge in [0.2, 0.25) is 13.2 Å². The minimum absolute atomic E-state index is 0.112. The van der Waals surface area contributed by atoms with E-state index in [1.54, 1.807) is 0 Å².